The lowest BCUT2D eigenvalue weighted by Crippen LogP contribution is -2.55. The summed E-state index contributed by atoms with van der Waals surface area (Å²) in [5.74, 6) is -0.966. The third-order valence-corrected chi connectivity index (χ3v) is 4.01. The van der Waals surface area contributed by atoms with E-state index in [1.807, 2.05) is 6.07 Å². The third-order valence-electron chi connectivity index (χ3n) is 4.01. The van der Waals surface area contributed by atoms with Gasteiger partial charge in [0.25, 0.3) is 5.91 Å². The predicted octanol–water partition coefficient (Wildman–Crippen LogP) is 0.878. The second kappa shape index (κ2) is 4.77. The van der Waals surface area contributed by atoms with Crippen LogP contribution in [-0.4, -0.2) is 46.6 Å². The number of carbonyl (C=O) groups excluding carboxylic acids is 1. The Bertz CT molecular complexity index is 585. The Labute approximate surface area is 116 Å². The van der Waals surface area contributed by atoms with Crippen LogP contribution in [0.2, 0.25) is 0 Å². The molecular formula is C14H16N2O4. The van der Waals surface area contributed by atoms with Gasteiger partial charge in [-0.05, 0) is 37.3 Å². The fourth-order valence-corrected chi connectivity index (χ4v) is 2.80. The van der Waals surface area contributed by atoms with Gasteiger partial charge in [-0.3, -0.25) is 4.79 Å². The van der Waals surface area contributed by atoms with Crippen LogP contribution in [0.15, 0.2) is 6.07 Å². The first-order valence-corrected chi connectivity index (χ1v) is 6.72. The number of carboxylic acid groups (broad SMARTS) is 1. The summed E-state index contributed by atoms with van der Waals surface area (Å²) in [5.41, 5.74) is 2.43. The van der Waals surface area contributed by atoms with Crippen molar-refractivity contribution in [3.8, 4) is 5.88 Å². The van der Waals surface area contributed by atoms with Crippen molar-refractivity contribution in [1.82, 2.24) is 9.88 Å². The number of pyridine rings is 1. The third kappa shape index (κ3) is 1.92. The standard InChI is InChI=1S/C14H16N2O4/c1-20-12-9(7-8-3-2-4-10(8)15-12)13(17)16-6-5-11(16)14(18)19/h7,11H,2-6H2,1H3,(H,18,19)/t11-/m1/s1. The molecule has 1 amide bonds. The molecule has 1 N–H and O–H groups in total. The van der Waals surface area contributed by atoms with Gasteiger partial charge in [-0.15, -0.1) is 0 Å². The molecule has 1 aromatic rings. The number of carboxylic acids is 1. The molecule has 1 fully saturated rings. The number of nitrogens with zero attached hydrogens (tertiary/aromatic N) is 2. The second-order valence-corrected chi connectivity index (χ2v) is 5.15. The van der Waals surface area contributed by atoms with Gasteiger partial charge in [-0.1, -0.05) is 0 Å². The van der Waals surface area contributed by atoms with E-state index in [1.54, 1.807) is 0 Å². The Morgan fingerprint density at radius 2 is 2.25 bits per heavy atom. The Kier molecular flexibility index (Phi) is 3.08. The number of carbonyl (C=O) groups is 2. The highest BCUT2D eigenvalue weighted by atomic mass is 16.5. The van der Waals surface area contributed by atoms with E-state index in [-0.39, 0.29) is 5.91 Å². The molecule has 0 unspecified atom stereocenters. The SMILES string of the molecule is COc1nc2c(cc1C(=O)N1CC[C@@H]1C(=O)O)CCC2. The highest BCUT2D eigenvalue weighted by Crippen LogP contribution is 2.29. The van der Waals surface area contributed by atoms with Crippen molar-refractivity contribution in [1.29, 1.82) is 0 Å². The lowest BCUT2D eigenvalue weighted by molar-refractivity contribution is -0.146. The number of amides is 1. The van der Waals surface area contributed by atoms with E-state index in [0.29, 0.717) is 24.4 Å². The smallest absolute Gasteiger partial charge is 0.326 e. The highest BCUT2D eigenvalue weighted by molar-refractivity contribution is 5.99. The minimum Gasteiger partial charge on any atom is -0.480 e. The lowest BCUT2D eigenvalue weighted by Gasteiger charge is -2.38. The fraction of sp³-hybridized carbons (Fsp3) is 0.500. The maximum atomic E-state index is 12.5. The van der Waals surface area contributed by atoms with E-state index >= 15 is 0 Å². The van der Waals surface area contributed by atoms with Crippen LogP contribution in [-0.2, 0) is 17.6 Å². The largest absolute Gasteiger partial charge is 0.480 e. The van der Waals surface area contributed by atoms with Crippen molar-refractivity contribution >= 4 is 11.9 Å². The van der Waals surface area contributed by atoms with E-state index in [9.17, 15) is 9.59 Å². The van der Waals surface area contributed by atoms with Gasteiger partial charge in [0.05, 0.1) is 7.11 Å². The Hall–Kier alpha value is -2.11. The fourth-order valence-electron chi connectivity index (χ4n) is 2.80. The summed E-state index contributed by atoms with van der Waals surface area (Å²) in [4.78, 5) is 29.2. The van der Waals surface area contributed by atoms with Crippen LogP contribution in [0.3, 0.4) is 0 Å². The van der Waals surface area contributed by atoms with Crippen LogP contribution in [0.5, 0.6) is 5.88 Å². The van der Waals surface area contributed by atoms with Crippen molar-refractivity contribution in [3.05, 3.63) is 22.9 Å². The van der Waals surface area contributed by atoms with E-state index < -0.39 is 12.0 Å². The molecular weight excluding hydrogens is 260 g/mol. The number of aryl methyl sites for hydroxylation is 2. The number of rotatable bonds is 3. The summed E-state index contributed by atoms with van der Waals surface area (Å²) in [6, 6.07) is 1.09. The molecule has 20 heavy (non-hydrogen) atoms. The van der Waals surface area contributed by atoms with Gasteiger partial charge in [0.1, 0.15) is 11.6 Å². The molecule has 1 aromatic heterocycles. The van der Waals surface area contributed by atoms with Crippen LogP contribution in [0.1, 0.15) is 34.5 Å². The molecule has 1 atom stereocenters. The van der Waals surface area contributed by atoms with Crippen LogP contribution in [0, 0.1) is 0 Å². The first kappa shape index (κ1) is 12.9. The molecule has 2 heterocycles. The normalized spacial score (nSPS) is 20.2. The van der Waals surface area contributed by atoms with Crippen LogP contribution >= 0.6 is 0 Å². The van der Waals surface area contributed by atoms with Gasteiger partial charge in [0.2, 0.25) is 5.88 Å². The van der Waals surface area contributed by atoms with Gasteiger partial charge in [0.15, 0.2) is 0 Å². The molecule has 0 radical (unpaired) electrons. The summed E-state index contributed by atoms with van der Waals surface area (Å²) >= 11 is 0. The Morgan fingerprint density at radius 1 is 1.45 bits per heavy atom. The summed E-state index contributed by atoms with van der Waals surface area (Å²) in [5, 5.41) is 9.04. The molecule has 6 nitrogen and oxygen atoms in total. The van der Waals surface area contributed by atoms with E-state index in [2.05, 4.69) is 4.98 Å². The molecule has 0 aromatic carbocycles. The summed E-state index contributed by atoms with van der Waals surface area (Å²) < 4.78 is 5.20. The zero-order valence-corrected chi connectivity index (χ0v) is 11.3. The van der Waals surface area contributed by atoms with Crippen molar-refractivity contribution in [3.63, 3.8) is 0 Å². The molecule has 1 aliphatic carbocycles. The number of ether oxygens (including phenoxy) is 1. The van der Waals surface area contributed by atoms with E-state index in [4.69, 9.17) is 9.84 Å². The molecule has 1 aliphatic heterocycles. The van der Waals surface area contributed by atoms with Crippen LogP contribution in [0.25, 0.3) is 0 Å². The number of hydrogen-bond acceptors (Lipinski definition) is 4. The minimum absolute atomic E-state index is 0.298. The van der Waals surface area contributed by atoms with Gasteiger partial charge < -0.3 is 14.7 Å². The van der Waals surface area contributed by atoms with Crippen LogP contribution < -0.4 is 4.74 Å². The molecule has 6 heteroatoms. The number of methoxy groups -OCH3 is 1. The van der Waals surface area contributed by atoms with Crippen molar-refractivity contribution in [2.75, 3.05) is 13.7 Å². The number of aromatic nitrogens is 1. The summed E-state index contributed by atoms with van der Waals surface area (Å²) in [6.07, 6.45) is 3.35. The lowest BCUT2D eigenvalue weighted by atomic mass is 10.0. The summed E-state index contributed by atoms with van der Waals surface area (Å²) in [6.45, 7) is 0.468. The van der Waals surface area contributed by atoms with Gasteiger partial charge >= 0.3 is 5.97 Å². The van der Waals surface area contributed by atoms with Gasteiger partial charge in [-0.2, -0.15) is 0 Å². The van der Waals surface area contributed by atoms with Crippen molar-refractivity contribution in [2.45, 2.75) is 31.7 Å². The Morgan fingerprint density at radius 3 is 2.85 bits per heavy atom. The highest BCUT2D eigenvalue weighted by Gasteiger charge is 2.39. The number of aliphatic carboxylic acids is 1. The summed E-state index contributed by atoms with van der Waals surface area (Å²) in [7, 11) is 1.48. The number of fused-ring (bicyclic) bond motifs is 1. The average Bonchev–Trinajstić information content (AvgIpc) is 2.81. The molecule has 3 rings (SSSR count). The maximum Gasteiger partial charge on any atom is 0.326 e. The molecule has 0 bridgehead atoms. The van der Waals surface area contributed by atoms with Crippen molar-refractivity contribution in [2.24, 2.45) is 0 Å². The van der Waals surface area contributed by atoms with Gasteiger partial charge in [-0.25, -0.2) is 9.78 Å². The zero-order valence-electron chi connectivity index (χ0n) is 11.3. The van der Waals surface area contributed by atoms with Crippen LogP contribution in [0.4, 0.5) is 0 Å². The average molecular weight is 276 g/mol. The number of hydrogen-bond donors (Lipinski definition) is 1. The quantitative estimate of drug-likeness (QED) is 0.886. The first-order valence-electron chi connectivity index (χ1n) is 6.72. The predicted molar refractivity (Wildman–Crippen MR) is 69.9 cm³/mol. The van der Waals surface area contributed by atoms with Crippen molar-refractivity contribution < 1.29 is 19.4 Å². The molecule has 1 saturated heterocycles. The van der Waals surface area contributed by atoms with E-state index in [0.717, 1.165) is 30.5 Å². The van der Waals surface area contributed by atoms with Gasteiger partial charge in [0, 0.05) is 12.2 Å². The molecule has 106 valence electrons. The topological polar surface area (TPSA) is 79.7 Å². The second-order valence-electron chi connectivity index (χ2n) is 5.15. The Balaban J connectivity index is 1.93. The maximum absolute atomic E-state index is 12.5. The minimum atomic E-state index is -0.960. The monoisotopic (exact) mass is 276 g/mol. The molecule has 0 saturated carbocycles. The molecule has 0 spiro atoms. The van der Waals surface area contributed by atoms with E-state index in [1.165, 1.54) is 12.0 Å². The number of likely N-dealkylation sites (tertiary alicyclic amines) is 1. The molecule has 2 aliphatic rings. The zero-order chi connectivity index (χ0) is 14.3. The first-order chi connectivity index (χ1) is 9.61.